The summed E-state index contributed by atoms with van der Waals surface area (Å²) < 4.78 is 2.59. The molecule has 0 amide bonds. The van der Waals surface area contributed by atoms with E-state index in [0.29, 0.717) is 0 Å². The molecule has 0 N–H and O–H groups in total. The lowest BCUT2D eigenvalue weighted by atomic mass is 9.56. The lowest BCUT2D eigenvalue weighted by molar-refractivity contribution is 0.304. The van der Waals surface area contributed by atoms with Crippen LogP contribution >= 0.6 is 22.7 Å². The average Bonchev–Trinajstić information content (AvgIpc) is 3.75. The van der Waals surface area contributed by atoms with E-state index in [1.54, 1.807) is 0 Å². The van der Waals surface area contributed by atoms with Gasteiger partial charge in [-0.2, -0.15) is 0 Å². The Balaban J connectivity index is 1.43. The molecule has 3 aliphatic carbocycles. The Bertz CT molecular complexity index is 1660. The normalized spacial score (nSPS) is 24.8. The summed E-state index contributed by atoms with van der Waals surface area (Å²) in [6.07, 6.45) is 4.58. The van der Waals surface area contributed by atoms with Crippen molar-refractivity contribution < 1.29 is 0 Å². The van der Waals surface area contributed by atoms with Crippen LogP contribution < -0.4 is 0 Å². The van der Waals surface area contributed by atoms with E-state index in [1.807, 2.05) is 22.7 Å². The largest absolute Gasteiger partial charge is 0.241 e. The summed E-state index contributed by atoms with van der Waals surface area (Å²) in [4.78, 5) is 10.8. The second-order valence-electron chi connectivity index (χ2n) is 11.0. The third-order valence-corrected chi connectivity index (χ3v) is 12.2. The SMILES string of the molecule is c1ccc2c(c1)-c1ccccc1C21C2(c3nc4ccccc4s3)CCC1(c1nc3ccccc3s1)CC2. The maximum absolute atomic E-state index is 5.40. The maximum atomic E-state index is 5.40. The number of hydrogen-bond donors (Lipinski definition) is 0. The lowest BCUT2D eigenvalue weighted by Gasteiger charge is -2.46. The molecule has 3 aliphatic rings. The van der Waals surface area contributed by atoms with Crippen LogP contribution in [0.25, 0.3) is 31.6 Å². The fourth-order valence-corrected chi connectivity index (χ4v) is 11.0. The number of fused-ring (bicyclic) bond motifs is 5. The van der Waals surface area contributed by atoms with E-state index < -0.39 is 0 Å². The average molecular weight is 513 g/mol. The molecule has 2 bridgehead atoms. The van der Waals surface area contributed by atoms with Crippen LogP contribution in [0.5, 0.6) is 0 Å². The number of nitrogens with zero attached hydrogens (tertiary/aromatic N) is 2. The molecule has 4 heteroatoms. The number of hydrogen-bond acceptors (Lipinski definition) is 4. The number of para-hydroxylation sites is 2. The fourth-order valence-electron chi connectivity index (χ4n) is 8.48. The van der Waals surface area contributed by atoms with Crippen molar-refractivity contribution >= 4 is 43.1 Å². The molecule has 178 valence electrons. The predicted molar refractivity (Wildman–Crippen MR) is 154 cm³/mol. The van der Waals surface area contributed by atoms with Crippen LogP contribution in [-0.4, -0.2) is 9.97 Å². The highest BCUT2D eigenvalue weighted by molar-refractivity contribution is 7.19. The van der Waals surface area contributed by atoms with Crippen molar-refractivity contribution in [3.8, 4) is 11.1 Å². The minimum atomic E-state index is -0.172. The summed E-state index contributed by atoms with van der Waals surface area (Å²) in [5, 5.41) is 2.64. The van der Waals surface area contributed by atoms with E-state index in [0.717, 1.165) is 36.7 Å². The third kappa shape index (κ3) is 2.26. The van der Waals surface area contributed by atoms with Crippen LogP contribution in [0.1, 0.15) is 46.8 Å². The summed E-state index contributed by atoms with van der Waals surface area (Å²) in [5.41, 5.74) is 7.79. The first-order valence-corrected chi connectivity index (χ1v) is 14.8. The van der Waals surface area contributed by atoms with E-state index >= 15 is 0 Å². The number of benzene rings is 4. The summed E-state index contributed by atoms with van der Waals surface area (Å²) in [6, 6.07) is 35.8. The minimum Gasteiger partial charge on any atom is -0.241 e. The number of aromatic nitrogens is 2. The van der Waals surface area contributed by atoms with Gasteiger partial charge in [-0.05, 0) is 72.2 Å². The van der Waals surface area contributed by atoms with Crippen LogP contribution in [0.15, 0.2) is 97.1 Å². The van der Waals surface area contributed by atoms with Crippen LogP contribution in [0.4, 0.5) is 0 Å². The van der Waals surface area contributed by atoms with Gasteiger partial charge < -0.3 is 0 Å². The summed E-state index contributed by atoms with van der Waals surface area (Å²) >= 11 is 3.85. The quantitative estimate of drug-likeness (QED) is 0.232. The van der Waals surface area contributed by atoms with E-state index in [1.165, 1.54) is 41.7 Å². The molecule has 0 aliphatic heterocycles. The van der Waals surface area contributed by atoms with Gasteiger partial charge in [0.05, 0.1) is 20.4 Å². The first-order valence-electron chi connectivity index (χ1n) is 13.2. The van der Waals surface area contributed by atoms with Crippen molar-refractivity contribution in [1.82, 2.24) is 9.97 Å². The minimum absolute atomic E-state index is 0.0444. The van der Waals surface area contributed by atoms with Gasteiger partial charge in [0, 0.05) is 16.2 Å². The molecule has 4 aromatic carbocycles. The Kier molecular flexibility index (Phi) is 3.88. The van der Waals surface area contributed by atoms with Gasteiger partial charge in [0.2, 0.25) is 0 Å². The van der Waals surface area contributed by atoms with Crippen molar-refractivity contribution in [2.45, 2.75) is 41.9 Å². The van der Waals surface area contributed by atoms with Crippen LogP contribution in [0.2, 0.25) is 0 Å². The molecule has 2 saturated carbocycles. The van der Waals surface area contributed by atoms with Gasteiger partial charge in [-0.1, -0.05) is 72.8 Å². The molecule has 0 radical (unpaired) electrons. The second kappa shape index (κ2) is 6.94. The van der Waals surface area contributed by atoms with E-state index in [2.05, 4.69) is 97.1 Å². The Hall–Kier alpha value is -3.34. The highest BCUT2D eigenvalue weighted by Gasteiger charge is 2.77. The van der Waals surface area contributed by atoms with Crippen molar-refractivity contribution in [1.29, 1.82) is 0 Å². The molecule has 0 atom stereocenters. The van der Waals surface area contributed by atoms with Gasteiger partial charge in [-0.15, -0.1) is 22.7 Å². The predicted octanol–water partition coefficient (Wildman–Crippen LogP) is 8.64. The maximum Gasteiger partial charge on any atom is 0.101 e. The third-order valence-electron chi connectivity index (χ3n) is 9.75. The molecule has 2 fully saturated rings. The number of thiazole rings is 2. The van der Waals surface area contributed by atoms with Gasteiger partial charge in [0.25, 0.3) is 0 Å². The van der Waals surface area contributed by atoms with Crippen molar-refractivity contribution in [2.24, 2.45) is 0 Å². The molecule has 0 unspecified atom stereocenters. The zero-order valence-corrected chi connectivity index (χ0v) is 21.9. The highest BCUT2D eigenvalue weighted by Crippen LogP contribution is 2.79. The zero-order chi connectivity index (χ0) is 24.2. The Morgan fingerprint density at radius 2 is 0.892 bits per heavy atom. The molecular formula is C33H24N2S2. The monoisotopic (exact) mass is 512 g/mol. The van der Waals surface area contributed by atoms with Gasteiger partial charge >= 0.3 is 0 Å². The Morgan fingerprint density at radius 1 is 0.486 bits per heavy atom. The van der Waals surface area contributed by atoms with Crippen molar-refractivity contribution in [3.63, 3.8) is 0 Å². The van der Waals surface area contributed by atoms with E-state index in [9.17, 15) is 0 Å². The highest BCUT2D eigenvalue weighted by atomic mass is 32.1. The molecule has 37 heavy (non-hydrogen) atoms. The van der Waals surface area contributed by atoms with E-state index in [-0.39, 0.29) is 16.2 Å². The van der Waals surface area contributed by atoms with Gasteiger partial charge in [-0.25, -0.2) is 9.97 Å². The van der Waals surface area contributed by atoms with Crippen molar-refractivity contribution in [2.75, 3.05) is 0 Å². The van der Waals surface area contributed by atoms with Crippen LogP contribution in [0, 0.1) is 0 Å². The van der Waals surface area contributed by atoms with Crippen molar-refractivity contribution in [3.05, 3.63) is 118 Å². The van der Waals surface area contributed by atoms with E-state index in [4.69, 9.17) is 9.97 Å². The fraction of sp³-hybridized carbons (Fsp3) is 0.212. The van der Waals surface area contributed by atoms with Gasteiger partial charge in [0.15, 0.2) is 0 Å². The lowest BCUT2D eigenvalue weighted by Crippen LogP contribution is -2.49. The summed E-state index contributed by atoms with van der Waals surface area (Å²) in [7, 11) is 0. The molecule has 2 nitrogen and oxygen atoms in total. The molecule has 2 aromatic heterocycles. The first kappa shape index (κ1) is 20.7. The summed E-state index contributed by atoms with van der Waals surface area (Å²) in [5.74, 6) is 0. The second-order valence-corrected chi connectivity index (χ2v) is 13.0. The topological polar surface area (TPSA) is 25.8 Å². The Morgan fingerprint density at radius 3 is 1.35 bits per heavy atom. The zero-order valence-electron chi connectivity index (χ0n) is 20.3. The standard InChI is InChI=1S/C33H24N2S2/c1-3-11-23-21(9-1)22-10-2-4-12-24(22)33(23)31(29-34-25-13-5-7-15-27(25)36-29)17-19-32(33,20-18-31)30-35-26-14-6-8-16-28(26)37-30/h1-16H,17-20H2. The molecular weight excluding hydrogens is 489 g/mol. The molecule has 1 spiro atoms. The summed E-state index contributed by atoms with van der Waals surface area (Å²) in [6.45, 7) is 0. The molecule has 9 rings (SSSR count). The molecule has 0 saturated heterocycles. The Labute approximate surface area is 223 Å². The number of rotatable bonds is 2. The van der Waals surface area contributed by atoms with Crippen LogP contribution in [0.3, 0.4) is 0 Å². The molecule has 2 heterocycles. The van der Waals surface area contributed by atoms with Gasteiger partial charge in [-0.3, -0.25) is 0 Å². The smallest absolute Gasteiger partial charge is 0.101 e. The van der Waals surface area contributed by atoms with Crippen LogP contribution in [-0.2, 0) is 16.2 Å². The van der Waals surface area contributed by atoms with Gasteiger partial charge in [0.1, 0.15) is 10.0 Å². The first-order chi connectivity index (χ1) is 18.3. The molecule has 6 aromatic rings.